The Labute approximate surface area is 158 Å². The van der Waals surface area contributed by atoms with Crippen molar-refractivity contribution in [3.05, 3.63) is 45.1 Å². The highest BCUT2D eigenvalue weighted by molar-refractivity contribution is 7.14. The van der Waals surface area contributed by atoms with Crippen molar-refractivity contribution in [2.45, 2.75) is 33.7 Å². The number of nitrogens with zero attached hydrogens (tertiary/aromatic N) is 1. The lowest BCUT2D eigenvalue weighted by Crippen LogP contribution is -2.21. The van der Waals surface area contributed by atoms with E-state index in [4.69, 9.17) is 4.74 Å². The molecule has 0 radical (unpaired) electrons. The van der Waals surface area contributed by atoms with Gasteiger partial charge in [0.25, 0.3) is 5.91 Å². The molecule has 0 spiro atoms. The number of fused-ring (bicyclic) bond motifs is 1. The molecule has 2 heterocycles. The van der Waals surface area contributed by atoms with Gasteiger partial charge in [0.1, 0.15) is 11.8 Å². The first-order chi connectivity index (χ1) is 12.4. The zero-order valence-corrected chi connectivity index (χ0v) is 16.1. The summed E-state index contributed by atoms with van der Waals surface area (Å²) in [6.45, 7) is 8.51. The number of amides is 1. The van der Waals surface area contributed by atoms with Gasteiger partial charge in [-0.1, -0.05) is 20.8 Å². The van der Waals surface area contributed by atoms with Crippen molar-refractivity contribution >= 4 is 22.9 Å². The fraction of sp³-hybridized carbons (Fsp3) is 0.400. The number of anilines is 1. The van der Waals surface area contributed by atoms with Crippen LogP contribution in [-0.4, -0.2) is 19.1 Å². The number of rotatable bonds is 4. The van der Waals surface area contributed by atoms with Crippen molar-refractivity contribution < 1.29 is 9.53 Å². The zero-order chi connectivity index (χ0) is 18.7. The van der Waals surface area contributed by atoms with E-state index in [1.165, 1.54) is 21.8 Å². The Morgan fingerprint density at radius 2 is 2.19 bits per heavy atom. The van der Waals surface area contributed by atoms with Crippen LogP contribution in [0.4, 0.5) is 5.69 Å². The summed E-state index contributed by atoms with van der Waals surface area (Å²) in [5.74, 6) is 0.398. The van der Waals surface area contributed by atoms with E-state index in [1.807, 2.05) is 6.07 Å². The van der Waals surface area contributed by atoms with Crippen LogP contribution < -0.4 is 15.4 Å². The lowest BCUT2D eigenvalue weighted by Gasteiger charge is -2.19. The highest BCUT2D eigenvalue weighted by Gasteiger charge is 2.18. The molecule has 0 saturated carbocycles. The third kappa shape index (κ3) is 4.43. The fourth-order valence-electron chi connectivity index (χ4n) is 2.67. The molecule has 2 N–H and O–H groups in total. The van der Waals surface area contributed by atoms with Crippen molar-refractivity contribution in [1.82, 2.24) is 5.32 Å². The van der Waals surface area contributed by atoms with Crippen LogP contribution in [0.1, 0.15) is 46.4 Å². The van der Waals surface area contributed by atoms with Gasteiger partial charge in [-0.05, 0) is 48.2 Å². The first kappa shape index (κ1) is 18.4. The van der Waals surface area contributed by atoms with E-state index >= 15 is 0 Å². The number of hydrogen-bond donors (Lipinski definition) is 2. The summed E-state index contributed by atoms with van der Waals surface area (Å²) >= 11 is 1.52. The van der Waals surface area contributed by atoms with Crippen molar-refractivity contribution in [3.8, 4) is 11.8 Å². The number of hydrogen-bond acceptors (Lipinski definition) is 5. The summed E-state index contributed by atoms with van der Waals surface area (Å²) in [6, 6.07) is 9.28. The number of carbonyl (C=O) groups excluding carboxylic acids is 1. The summed E-state index contributed by atoms with van der Waals surface area (Å²) in [7, 11) is 0. The Morgan fingerprint density at radius 3 is 2.88 bits per heavy atom. The van der Waals surface area contributed by atoms with Crippen LogP contribution in [0.3, 0.4) is 0 Å². The Morgan fingerprint density at radius 1 is 1.38 bits per heavy atom. The van der Waals surface area contributed by atoms with Gasteiger partial charge >= 0.3 is 0 Å². The molecular weight excluding hydrogens is 346 g/mol. The molecule has 1 aromatic carbocycles. The maximum Gasteiger partial charge on any atom is 0.265 e. The number of benzene rings is 1. The van der Waals surface area contributed by atoms with E-state index < -0.39 is 0 Å². The minimum atomic E-state index is -0.142. The maximum absolute atomic E-state index is 12.5. The third-order valence-electron chi connectivity index (χ3n) is 4.00. The first-order valence-electron chi connectivity index (χ1n) is 8.66. The summed E-state index contributed by atoms with van der Waals surface area (Å²) in [5, 5.41) is 15.6. The van der Waals surface area contributed by atoms with Crippen LogP contribution in [0, 0.1) is 16.7 Å². The number of ether oxygens (including phenoxy) is 1. The number of nitriles is 1. The molecule has 5 nitrogen and oxygen atoms in total. The topological polar surface area (TPSA) is 74.2 Å². The van der Waals surface area contributed by atoms with Gasteiger partial charge in [-0.3, -0.25) is 4.79 Å². The second kappa shape index (κ2) is 7.48. The summed E-state index contributed by atoms with van der Waals surface area (Å²) in [4.78, 5) is 14.5. The van der Waals surface area contributed by atoms with E-state index in [1.54, 1.807) is 18.2 Å². The van der Waals surface area contributed by atoms with E-state index in [2.05, 4.69) is 37.5 Å². The first-order valence-corrected chi connectivity index (χ1v) is 9.48. The van der Waals surface area contributed by atoms with Gasteiger partial charge in [0.05, 0.1) is 17.0 Å². The van der Waals surface area contributed by atoms with E-state index in [-0.39, 0.29) is 11.3 Å². The molecule has 0 atom stereocenters. The monoisotopic (exact) mass is 369 g/mol. The van der Waals surface area contributed by atoms with E-state index in [9.17, 15) is 10.1 Å². The van der Waals surface area contributed by atoms with Crippen LogP contribution in [0.2, 0.25) is 0 Å². The van der Waals surface area contributed by atoms with Crippen LogP contribution in [-0.2, 0) is 13.0 Å². The smallest absolute Gasteiger partial charge is 0.265 e. The summed E-state index contributed by atoms with van der Waals surface area (Å²) in [5.41, 5.74) is 2.27. The Bertz CT molecular complexity index is 835. The fourth-order valence-corrected chi connectivity index (χ4v) is 3.75. The van der Waals surface area contributed by atoms with Gasteiger partial charge in [-0.2, -0.15) is 5.26 Å². The minimum absolute atomic E-state index is 0.00670. The minimum Gasteiger partial charge on any atom is -0.492 e. The van der Waals surface area contributed by atoms with Crippen molar-refractivity contribution in [1.29, 1.82) is 5.26 Å². The van der Waals surface area contributed by atoms with E-state index in [0.29, 0.717) is 28.5 Å². The van der Waals surface area contributed by atoms with Gasteiger partial charge in [-0.25, -0.2) is 0 Å². The van der Waals surface area contributed by atoms with Crippen LogP contribution in [0.25, 0.3) is 0 Å². The molecule has 0 unspecified atom stereocenters. The number of nitrogens with one attached hydrogen (secondary N) is 2. The van der Waals surface area contributed by atoms with Crippen LogP contribution in [0.15, 0.2) is 24.3 Å². The second-order valence-corrected chi connectivity index (χ2v) is 8.75. The number of carbonyl (C=O) groups is 1. The normalized spacial score (nSPS) is 13.6. The molecule has 1 aromatic heterocycles. The Hall–Kier alpha value is -2.36. The molecule has 136 valence electrons. The summed E-state index contributed by atoms with van der Waals surface area (Å²) in [6.07, 6.45) is 0.956. The maximum atomic E-state index is 12.5. The SMILES string of the molecule is CC(C)(C)COc1ccc(NC(=O)c2cc3c(s2)CNCC3)cc1C#N. The van der Waals surface area contributed by atoms with Crippen molar-refractivity contribution in [3.63, 3.8) is 0 Å². The Kier molecular flexibility index (Phi) is 5.30. The van der Waals surface area contributed by atoms with Crippen molar-refractivity contribution in [2.24, 2.45) is 5.41 Å². The molecule has 2 aromatic rings. The predicted octanol–water partition coefficient (Wildman–Crippen LogP) is 3.94. The lowest BCUT2D eigenvalue weighted by atomic mass is 9.98. The molecule has 3 rings (SSSR count). The van der Waals surface area contributed by atoms with Gasteiger partial charge < -0.3 is 15.4 Å². The van der Waals surface area contributed by atoms with E-state index in [0.717, 1.165) is 19.5 Å². The third-order valence-corrected chi connectivity index (χ3v) is 5.17. The largest absolute Gasteiger partial charge is 0.492 e. The molecule has 0 fully saturated rings. The van der Waals surface area contributed by atoms with Gasteiger partial charge in [0.15, 0.2) is 0 Å². The average Bonchev–Trinajstić information content (AvgIpc) is 3.04. The number of thiophene rings is 1. The molecular formula is C20H23N3O2S. The lowest BCUT2D eigenvalue weighted by molar-refractivity contribution is 0.103. The molecule has 1 aliphatic heterocycles. The van der Waals surface area contributed by atoms with Crippen LogP contribution in [0.5, 0.6) is 5.75 Å². The highest BCUT2D eigenvalue weighted by atomic mass is 32.1. The molecule has 0 saturated heterocycles. The Balaban J connectivity index is 1.72. The average molecular weight is 369 g/mol. The quantitative estimate of drug-likeness (QED) is 0.856. The van der Waals surface area contributed by atoms with Gasteiger partial charge in [0.2, 0.25) is 0 Å². The molecule has 6 heteroatoms. The molecule has 26 heavy (non-hydrogen) atoms. The molecule has 1 amide bonds. The standard InChI is InChI=1S/C20H23N3O2S/c1-20(2,3)12-25-16-5-4-15(8-14(16)10-21)23-19(24)17-9-13-6-7-22-11-18(13)26-17/h4-5,8-9,22H,6-7,11-12H2,1-3H3,(H,23,24). The van der Waals surface area contributed by atoms with Gasteiger partial charge in [-0.15, -0.1) is 11.3 Å². The van der Waals surface area contributed by atoms with Crippen LogP contribution >= 0.6 is 11.3 Å². The predicted molar refractivity (Wildman–Crippen MR) is 104 cm³/mol. The van der Waals surface area contributed by atoms with Crippen molar-refractivity contribution in [2.75, 3.05) is 18.5 Å². The second-order valence-electron chi connectivity index (χ2n) is 7.61. The van der Waals surface area contributed by atoms with Gasteiger partial charge in [0, 0.05) is 17.1 Å². The summed E-state index contributed by atoms with van der Waals surface area (Å²) < 4.78 is 5.75. The zero-order valence-electron chi connectivity index (χ0n) is 15.3. The molecule has 0 bridgehead atoms. The molecule has 0 aliphatic carbocycles. The molecule has 1 aliphatic rings. The highest BCUT2D eigenvalue weighted by Crippen LogP contribution is 2.28.